The monoisotopic (exact) mass is 355 g/mol. The van der Waals surface area contributed by atoms with Gasteiger partial charge in [-0.05, 0) is 31.9 Å². The summed E-state index contributed by atoms with van der Waals surface area (Å²) in [4.78, 5) is 21.0. The number of aryl methyl sites for hydroxylation is 2. The number of carbonyl (C=O) groups is 1. The highest BCUT2D eigenvalue weighted by Gasteiger charge is 2.10. The van der Waals surface area contributed by atoms with Gasteiger partial charge in [-0.2, -0.15) is 0 Å². The van der Waals surface area contributed by atoms with Crippen LogP contribution in [0.2, 0.25) is 0 Å². The van der Waals surface area contributed by atoms with Gasteiger partial charge in [0, 0.05) is 16.5 Å². The van der Waals surface area contributed by atoms with Crippen LogP contribution in [-0.4, -0.2) is 29.0 Å². The fraction of sp³-hybridized carbons (Fsp3) is 0.316. The van der Waals surface area contributed by atoms with Crippen molar-refractivity contribution in [3.63, 3.8) is 0 Å². The van der Waals surface area contributed by atoms with Gasteiger partial charge in [-0.3, -0.25) is 4.79 Å². The third-order valence-electron chi connectivity index (χ3n) is 3.72. The molecule has 0 aliphatic carbocycles. The van der Waals surface area contributed by atoms with Crippen LogP contribution in [0.3, 0.4) is 0 Å². The van der Waals surface area contributed by atoms with Crippen molar-refractivity contribution in [3.8, 4) is 5.75 Å². The molecule has 1 aromatic carbocycles. The van der Waals surface area contributed by atoms with E-state index >= 15 is 0 Å². The van der Waals surface area contributed by atoms with Gasteiger partial charge >= 0.3 is 0 Å². The second-order valence-electron chi connectivity index (χ2n) is 5.76. The number of nitrogens with one attached hydrogen (secondary N) is 1. The Morgan fingerprint density at radius 2 is 2.12 bits per heavy atom. The van der Waals surface area contributed by atoms with Crippen LogP contribution in [0.4, 0.5) is 0 Å². The Balaban J connectivity index is 1.54. The molecule has 130 valence electrons. The lowest BCUT2D eigenvalue weighted by atomic mass is 10.2. The standard InChI is InChI=1S/C19H21N3O2S/c1-3-5-17-22-15(12-25-17)19(23)20-10-11-24-16-7-4-6-14-9-8-13(2)21-18(14)16/h4,6-9,12H,3,5,10-11H2,1-2H3,(H,20,23). The third kappa shape index (κ3) is 4.33. The number of ether oxygens (including phenoxy) is 1. The molecule has 0 saturated carbocycles. The molecule has 0 bridgehead atoms. The smallest absolute Gasteiger partial charge is 0.270 e. The van der Waals surface area contributed by atoms with Crippen LogP contribution in [0.25, 0.3) is 10.9 Å². The third-order valence-corrected chi connectivity index (χ3v) is 4.62. The lowest BCUT2D eigenvalue weighted by molar-refractivity contribution is 0.0942. The van der Waals surface area contributed by atoms with E-state index in [0.717, 1.165) is 40.2 Å². The van der Waals surface area contributed by atoms with Crippen LogP contribution >= 0.6 is 11.3 Å². The summed E-state index contributed by atoms with van der Waals surface area (Å²) in [6, 6.07) is 9.85. The van der Waals surface area contributed by atoms with Gasteiger partial charge in [0.25, 0.3) is 5.91 Å². The van der Waals surface area contributed by atoms with E-state index in [1.807, 2.05) is 37.3 Å². The predicted molar refractivity (Wildman–Crippen MR) is 100 cm³/mol. The molecule has 0 unspecified atom stereocenters. The number of aromatic nitrogens is 2. The molecule has 1 amide bonds. The van der Waals surface area contributed by atoms with Crippen LogP contribution in [0.15, 0.2) is 35.7 Å². The Bertz CT molecular complexity index is 876. The molecule has 6 heteroatoms. The Hall–Kier alpha value is -2.47. The second kappa shape index (κ2) is 8.07. The average molecular weight is 355 g/mol. The zero-order chi connectivity index (χ0) is 17.6. The van der Waals surface area contributed by atoms with Crippen molar-refractivity contribution < 1.29 is 9.53 Å². The summed E-state index contributed by atoms with van der Waals surface area (Å²) in [5.74, 6) is 0.573. The van der Waals surface area contributed by atoms with Gasteiger partial charge in [0.1, 0.15) is 23.6 Å². The lowest BCUT2D eigenvalue weighted by Gasteiger charge is -2.09. The van der Waals surface area contributed by atoms with Crippen LogP contribution in [0, 0.1) is 6.92 Å². The van der Waals surface area contributed by atoms with Crippen LogP contribution < -0.4 is 10.1 Å². The lowest BCUT2D eigenvalue weighted by Crippen LogP contribution is -2.28. The number of fused-ring (bicyclic) bond motifs is 1. The maximum absolute atomic E-state index is 12.1. The zero-order valence-electron chi connectivity index (χ0n) is 14.4. The van der Waals surface area contributed by atoms with E-state index in [4.69, 9.17) is 4.74 Å². The second-order valence-corrected chi connectivity index (χ2v) is 6.70. The van der Waals surface area contributed by atoms with Crippen molar-refractivity contribution in [1.29, 1.82) is 0 Å². The number of pyridine rings is 1. The first-order valence-electron chi connectivity index (χ1n) is 8.39. The van der Waals surface area contributed by atoms with Crippen molar-refractivity contribution in [1.82, 2.24) is 15.3 Å². The number of hydrogen-bond acceptors (Lipinski definition) is 5. The molecule has 0 spiro atoms. The predicted octanol–water partition coefficient (Wildman–Crippen LogP) is 3.76. The summed E-state index contributed by atoms with van der Waals surface area (Å²) in [6.45, 7) is 4.85. The van der Waals surface area contributed by atoms with Gasteiger partial charge < -0.3 is 10.1 Å². The van der Waals surface area contributed by atoms with E-state index in [1.165, 1.54) is 11.3 Å². The average Bonchev–Trinajstić information content (AvgIpc) is 3.08. The number of carbonyl (C=O) groups excluding carboxylic acids is 1. The number of hydrogen-bond donors (Lipinski definition) is 1. The van der Waals surface area contributed by atoms with E-state index in [0.29, 0.717) is 18.8 Å². The molecule has 0 aliphatic rings. The minimum Gasteiger partial charge on any atom is -0.489 e. The number of benzene rings is 1. The van der Waals surface area contributed by atoms with Gasteiger partial charge in [-0.25, -0.2) is 9.97 Å². The van der Waals surface area contributed by atoms with Crippen molar-refractivity contribution in [2.75, 3.05) is 13.2 Å². The summed E-state index contributed by atoms with van der Waals surface area (Å²) < 4.78 is 5.81. The molecular weight excluding hydrogens is 334 g/mol. The Morgan fingerprint density at radius 1 is 1.24 bits per heavy atom. The summed E-state index contributed by atoms with van der Waals surface area (Å²) in [7, 11) is 0. The van der Waals surface area contributed by atoms with Crippen LogP contribution in [-0.2, 0) is 6.42 Å². The van der Waals surface area contributed by atoms with E-state index < -0.39 is 0 Å². The molecule has 0 saturated heterocycles. The van der Waals surface area contributed by atoms with Crippen molar-refractivity contribution in [2.45, 2.75) is 26.7 Å². The van der Waals surface area contributed by atoms with Gasteiger partial charge in [-0.1, -0.05) is 25.1 Å². The van der Waals surface area contributed by atoms with E-state index in [2.05, 4.69) is 22.2 Å². The molecule has 0 atom stereocenters. The number of amides is 1. The van der Waals surface area contributed by atoms with E-state index in [1.54, 1.807) is 5.38 Å². The molecule has 2 aromatic heterocycles. The van der Waals surface area contributed by atoms with Gasteiger partial charge in [0.15, 0.2) is 0 Å². The summed E-state index contributed by atoms with van der Waals surface area (Å²) in [5, 5.41) is 6.69. The highest BCUT2D eigenvalue weighted by atomic mass is 32.1. The topological polar surface area (TPSA) is 64.1 Å². The summed E-state index contributed by atoms with van der Waals surface area (Å²) >= 11 is 1.53. The minimum absolute atomic E-state index is 0.158. The maximum atomic E-state index is 12.1. The first-order valence-corrected chi connectivity index (χ1v) is 9.27. The fourth-order valence-electron chi connectivity index (χ4n) is 2.49. The highest BCUT2D eigenvalue weighted by Crippen LogP contribution is 2.23. The first-order chi connectivity index (χ1) is 12.2. The van der Waals surface area contributed by atoms with Crippen LogP contribution in [0.5, 0.6) is 5.75 Å². The summed E-state index contributed by atoms with van der Waals surface area (Å²) in [6.07, 6.45) is 1.94. The van der Waals surface area contributed by atoms with Crippen molar-refractivity contribution in [2.24, 2.45) is 0 Å². The molecular formula is C19H21N3O2S. The first kappa shape index (κ1) is 17.4. The Morgan fingerprint density at radius 3 is 2.96 bits per heavy atom. The fourth-order valence-corrected chi connectivity index (χ4v) is 3.37. The molecule has 3 rings (SSSR count). The van der Waals surface area contributed by atoms with E-state index in [9.17, 15) is 4.79 Å². The normalized spacial score (nSPS) is 10.8. The molecule has 0 fully saturated rings. The highest BCUT2D eigenvalue weighted by molar-refractivity contribution is 7.09. The zero-order valence-corrected chi connectivity index (χ0v) is 15.2. The van der Waals surface area contributed by atoms with Crippen molar-refractivity contribution >= 4 is 28.1 Å². The number of thiazole rings is 1. The molecule has 1 N–H and O–H groups in total. The van der Waals surface area contributed by atoms with Gasteiger partial charge in [0.2, 0.25) is 0 Å². The SMILES string of the molecule is CCCc1nc(C(=O)NCCOc2cccc3ccc(C)nc23)cs1. The van der Waals surface area contributed by atoms with Crippen molar-refractivity contribution in [3.05, 3.63) is 52.1 Å². The Labute approximate surface area is 151 Å². The van der Waals surface area contributed by atoms with Gasteiger partial charge in [0.05, 0.1) is 11.6 Å². The quantitative estimate of drug-likeness (QED) is 0.656. The molecule has 5 nitrogen and oxygen atoms in total. The van der Waals surface area contributed by atoms with Crippen LogP contribution in [0.1, 0.15) is 34.5 Å². The molecule has 2 heterocycles. The summed E-state index contributed by atoms with van der Waals surface area (Å²) in [5.41, 5.74) is 2.27. The maximum Gasteiger partial charge on any atom is 0.270 e. The molecule has 3 aromatic rings. The molecule has 0 aliphatic heterocycles. The number of nitrogens with zero attached hydrogens (tertiary/aromatic N) is 2. The minimum atomic E-state index is -0.158. The largest absolute Gasteiger partial charge is 0.489 e. The Kier molecular flexibility index (Phi) is 5.60. The van der Waals surface area contributed by atoms with E-state index in [-0.39, 0.29) is 5.91 Å². The number of rotatable bonds is 7. The molecule has 25 heavy (non-hydrogen) atoms. The van der Waals surface area contributed by atoms with Gasteiger partial charge in [-0.15, -0.1) is 11.3 Å². The number of para-hydroxylation sites is 1. The molecule has 0 radical (unpaired) electrons.